The molecule has 1 heterocycles. The number of guanidine groups is 2. The van der Waals surface area contributed by atoms with Gasteiger partial charge >= 0.3 is 0 Å². The van der Waals surface area contributed by atoms with Crippen molar-refractivity contribution in [3.05, 3.63) is 36.5 Å². The number of benzene rings is 1. The fourth-order valence-electron chi connectivity index (χ4n) is 1.59. The van der Waals surface area contributed by atoms with Crippen LogP contribution in [0.5, 0.6) is 0 Å². The van der Waals surface area contributed by atoms with Gasteiger partial charge in [-0.1, -0.05) is 12.1 Å². The van der Waals surface area contributed by atoms with Gasteiger partial charge in [0.2, 0.25) is 5.96 Å². The van der Waals surface area contributed by atoms with Gasteiger partial charge in [-0.3, -0.25) is 4.68 Å². The monoisotopic (exact) mass is 257 g/mol. The minimum atomic E-state index is -0.123. The summed E-state index contributed by atoms with van der Waals surface area (Å²) in [6.07, 6.45) is 1.87. The normalized spacial score (nSPS) is 11.3. The number of aliphatic imine (C=N–C) groups is 2. The Bertz CT molecular complexity index is 635. The maximum absolute atomic E-state index is 5.58. The number of hydrogen-bond acceptors (Lipinski definition) is 2. The molecule has 0 amide bonds. The van der Waals surface area contributed by atoms with Gasteiger partial charge < -0.3 is 17.2 Å². The number of nitrogens with two attached hydrogens (primary N) is 3. The molecule has 7 nitrogen and oxygen atoms in total. The van der Waals surface area contributed by atoms with Gasteiger partial charge in [-0.05, 0) is 18.2 Å². The van der Waals surface area contributed by atoms with Crippen LogP contribution in [0.1, 0.15) is 0 Å². The van der Waals surface area contributed by atoms with E-state index in [-0.39, 0.29) is 11.9 Å². The number of rotatable bonds is 2. The summed E-state index contributed by atoms with van der Waals surface area (Å²) in [6.45, 7) is 0. The van der Waals surface area contributed by atoms with Crippen LogP contribution in [0.3, 0.4) is 0 Å². The summed E-state index contributed by atoms with van der Waals surface area (Å²) < 4.78 is 1.74. The van der Waals surface area contributed by atoms with Crippen molar-refractivity contribution < 1.29 is 0 Å². The van der Waals surface area contributed by atoms with Crippen molar-refractivity contribution in [1.82, 2.24) is 9.78 Å². The first-order valence-electron chi connectivity index (χ1n) is 5.58. The Labute approximate surface area is 110 Å². The predicted molar refractivity (Wildman–Crippen MR) is 75.7 cm³/mol. The Morgan fingerprint density at radius 2 is 2.00 bits per heavy atom. The lowest BCUT2D eigenvalue weighted by atomic mass is 10.1. The highest BCUT2D eigenvalue weighted by Crippen LogP contribution is 2.22. The largest absolute Gasteiger partial charge is 0.370 e. The van der Waals surface area contributed by atoms with Gasteiger partial charge in [-0.15, -0.1) is 0 Å². The zero-order valence-corrected chi connectivity index (χ0v) is 10.5. The van der Waals surface area contributed by atoms with Crippen molar-refractivity contribution in [2.75, 3.05) is 0 Å². The standard InChI is InChI=1S/C12H15N7/c1-19-6-5-10(18-19)8-3-2-4-9(7-8)16-12(15)17-11(13)14/h2-7H,1H3,(H6,13,14,15,16,17). The third-order valence-electron chi connectivity index (χ3n) is 2.34. The molecule has 2 aromatic rings. The zero-order chi connectivity index (χ0) is 13.8. The number of nitrogens with zero attached hydrogens (tertiary/aromatic N) is 4. The molecule has 0 atom stereocenters. The Balaban J connectivity index is 2.32. The van der Waals surface area contributed by atoms with Crippen LogP contribution in [0.4, 0.5) is 5.69 Å². The molecule has 0 spiro atoms. The summed E-state index contributed by atoms with van der Waals surface area (Å²) in [5.41, 5.74) is 18.5. The molecule has 0 saturated heterocycles. The van der Waals surface area contributed by atoms with E-state index in [9.17, 15) is 0 Å². The molecule has 0 bridgehead atoms. The molecular weight excluding hydrogens is 242 g/mol. The van der Waals surface area contributed by atoms with E-state index in [1.54, 1.807) is 4.68 Å². The van der Waals surface area contributed by atoms with E-state index in [1.165, 1.54) is 0 Å². The summed E-state index contributed by atoms with van der Waals surface area (Å²) in [5.74, 6) is -0.111. The van der Waals surface area contributed by atoms with Gasteiger partial charge in [0, 0.05) is 18.8 Å². The molecule has 6 N–H and O–H groups in total. The number of aryl methyl sites for hydroxylation is 1. The Kier molecular flexibility index (Phi) is 3.46. The molecule has 0 aliphatic rings. The maximum Gasteiger partial charge on any atom is 0.223 e. The number of hydrogen-bond donors (Lipinski definition) is 3. The molecule has 0 aliphatic heterocycles. The second kappa shape index (κ2) is 5.21. The fraction of sp³-hybridized carbons (Fsp3) is 0.0833. The average molecular weight is 257 g/mol. The van der Waals surface area contributed by atoms with Crippen molar-refractivity contribution in [1.29, 1.82) is 0 Å². The summed E-state index contributed by atoms with van der Waals surface area (Å²) in [5, 5.41) is 4.32. The van der Waals surface area contributed by atoms with Crippen LogP contribution in [0.25, 0.3) is 11.3 Å². The fourth-order valence-corrected chi connectivity index (χ4v) is 1.59. The third kappa shape index (κ3) is 3.32. The van der Waals surface area contributed by atoms with Crippen LogP contribution < -0.4 is 17.2 Å². The van der Waals surface area contributed by atoms with Gasteiger partial charge in [0.1, 0.15) is 0 Å². The van der Waals surface area contributed by atoms with Crippen molar-refractivity contribution >= 4 is 17.6 Å². The van der Waals surface area contributed by atoms with Crippen LogP contribution in [0.2, 0.25) is 0 Å². The minimum Gasteiger partial charge on any atom is -0.370 e. The Morgan fingerprint density at radius 1 is 1.21 bits per heavy atom. The quantitative estimate of drug-likeness (QED) is 0.529. The van der Waals surface area contributed by atoms with Gasteiger partial charge in [0.25, 0.3) is 0 Å². The van der Waals surface area contributed by atoms with E-state index < -0.39 is 0 Å². The van der Waals surface area contributed by atoms with Gasteiger partial charge in [0.15, 0.2) is 5.96 Å². The first kappa shape index (κ1) is 12.6. The van der Waals surface area contributed by atoms with E-state index in [2.05, 4.69) is 15.1 Å². The Morgan fingerprint density at radius 3 is 2.63 bits per heavy atom. The highest BCUT2D eigenvalue weighted by molar-refractivity contribution is 5.93. The minimum absolute atomic E-state index is 0.0122. The summed E-state index contributed by atoms with van der Waals surface area (Å²) >= 11 is 0. The highest BCUT2D eigenvalue weighted by atomic mass is 15.2. The first-order valence-corrected chi connectivity index (χ1v) is 5.58. The van der Waals surface area contributed by atoms with Crippen LogP contribution in [-0.4, -0.2) is 21.7 Å². The van der Waals surface area contributed by atoms with E-state index in [1.807, 2.05) is 43.6 Å². The first-order chi connectivity index (χ1) is 9.04. The SMILES string of the molecule is Cn1ccc(-c2cccc(N=C(N)N=C(N)N)c2)n1. The van der Waals surface area contributed by atoms with E-state index in [0.29, 0.717) is 5.69 Å². The molecule has 1 aromatic carbocycles. The maximum atomic E-state index is 5.58. The van der Waals surface area contributed by atoms with Gasteiger partial charge in [0.05, 0.1) is 11.4 Å². The van der Waals surface area contributed by atoms with Crippen LogP contribution in [0, 0.1) is 0 Å². The second-order valence-corrected chi connectivity index (χ2v) is 3.93. The van der Waals surface area contributed by atoms with E-state index >= 15 is 0 Å². The molecule has 0 fully saturated rings. The van der Waals surface area contributed by atoms with Gasteiger partial charge in [-0.2, -0.15) is 10.1 Å². The molecule has 0 aliphatic carbocycles. The molecule has 0 saturated carbocycles. The zero-order valence-electron chi connectivity index (χ0n) is 10.5. The second-order valence-electron chi connectivity index (χ2n) is 3.93. The molecule has 7 heteroatoms. The average Bonchev–Trinajstić information content (AvgIpc) is 2.75. The number of aromatic nitrogens is 2. The summed E-state index contributed by atoms with van der Waals surface area (Å²) in [6, 6.07) is 9.39. The molecule has 98 valence electrons. The highest BCUT2D eigenvalue weighted by Gasteiger charge is 2.02. The van der Waals surface area contributed by atoms with Crippen molar-refractivity contribution in [2.24, 2.45) is 34.2 Å². The van der Waals surface area contributed by atoms with Crippen molar-refractivity contribution in [3.63, 3.8) is 0 Å². The molecule has 2 rings (SSSR count). The Hall–Kier alpha value is -2.83. The molecule has 1 aromatic heterocycles. The van der Waals surface area contributed by atoms with Crippen LogP contribution >= 0.6 is 0 Å². The molecule has 0 unspecified atom stereocenters. The lowest BCUT2D eigenvalue weighted by Gasteiger charge is -2.00. The van der Waals surface area contributed by atoms with E-state index in [0.717, 1.165) is 11.3 Å². The third-order valence-corrected chi connectivity index (χ3v) is 2.34. The summed E-state index contributed by atoms with van der Waals surface area (Å²) in [7, 11) is 1.86. The predicted octanol–water partition coefficient (Wildman–Crippen LogP) is 0.307. The van der Waals surface area contributed by atoms with Crippen molar-refractivity contribution in [2.45, 2.75) is 0 Å². The van der Waals surface area contributed by atoms with Crippen molar-refractivity contribution in [3.8, 4) is 11.3 Å². The van der Waals surface area contributed by atoms with E-state index in [4.69, 9.17) is 17.2 Å². The molecule has 19 heavy (non-hydrogen) atoms. The summed E-state index contributed by atoms with van der Waals surface area (Å²) in [4.78, 5) is 7.76. The van der Waals surface area contributed by atoms with Crippen LogP contribution in [0.15, 0.2) is 46.5 Å². The lowest BCUT2D eigenvalue weighted by molar-refractivity contribution is 0.771. The smallest absolute Gasteiger partial charge is 0.223 e. The topological polar surface area (TPSA) is 121 Å². The van der Waals surface area contributed by atoms with Gasteiger partial charge in [-0.25, -0.2) is 4.99 Å². The molecular formula is C12H15N7. The van der Waals surface area contributed by atoms with Crippen LogP contribution in [-0.2, 0) is 7.05 Å². The molecule has 0 radical (unpaired) electrons. The lowest BCUT2D eigenvalue weighted by Crippen LogP contribution is -2.26.